The van der Waals surface area contributed by atoms with Crippen LogP contribution in [0.3, 0.4) is 0 Å². The Morgan fingerprint density at radius 3 is 2.16 bits per heavy atom. The van der Waals surface area contributed by atoms with E-state index in [1.165, 1.54) is 28.6 Å². The van der Waals surface area contributed by atoms with E-state index in [1.54, 1.807) is 0 Å². The lowest BCUT2D eigenvalue weighted by molar-refractivity contribution is -0.0498. The van der Waals surface area contributed by atoms with Gasteiger partial charge in [0.05, 0.1) is 4.90 Å². The van der Waals surface area contributed by atoms with Crippen molar-refractivity contribution in [1.82, 2.24) is 4.31 Å². The van der Waals surface area contributed by atoms with Gasteiger partial charge in [0, 0.05) is 13.1 Å². The monoisotopic (exact) mass is 291 g/mol. The van der Waals surface area contributed by atoms with Gasteiger partial charge in [-0.2, -0.15) is 13.1 Å². The van der Waals surface area contributed by atoms with Crippen LogP contribution in [0.4, 0.5) is 8.78 Å². The summed E-state index contributed by atoms with van der Waals surface area (Å²) in [6, 6.07) is 5.06. The molecule has 0 bridgehead atoms. The van der Waals surface area contributed by atoms with E-state index in [-0.39, 0.29) is 10.6 Å². The van der Waals surface area contributed by atoms with Crippen molar-refractivity contribution in [1.29, 1.82) is 0 Å². The Balaban J connectivity index is 2.16. The van der Waals surface area contributed by atoms with Gasteiger partial charge >= 0.3 is 6.61 Å². The summed E-state index contributed by atoms with van der Waals surface area (Å²) in [5, 5.41) is 0. The van der Waals surface area contributed by atoms with Crippen LogP contribution in [0, 0.1) is 0 Å². The van der Waals surface area contributed by atoms with Crippen molar-refractivity contribution in [3.05, 3.63) is 24.3 Å². The third kappa shape index (κ3) is 3.42. The number of piperidine rings is 1. The first-order chi connectivity index (χ1) is 9.00. The number of nitrogens with zero attached hydrogens (tertiary/aromatic N) is 1. The predicted molar refractivity (Wildman–Crippen MR) is 65.7 cm³/mol. The Morgan fingerprint density at radius 1 is 1.05 bits per heavy atom. The van der Waals surface area contributed by atoms with Crippen molar-refractivity contribution in [2.24, 2.45) is 0 Å². The normalized spacial score (nSPS) is 17.6. The third-order valence-electron chi connectivity index (χ3n) is 3.00. The fourth-order valence-electron chi connectivity index (χ4n) is 2.05. The van der Waals surface area contributed by atoms with Crippen molar-refractivity contribution in [2.75, 3.05) is 13.1 Å². The maximum absolute atomic E-state index is 12.3. The summed E-state index contributed by atoms with van der Waals surface area (Å²) in [6.07, 6.45) is 2.74. The Labute approximate surface area is 111 Å². The molecule has 0 aliphatic carbocycles. The molecule has 1 aromatic carbocycles. The molecule has 1 heterocycles. The smallest absolute Gasteiger partial charge is 0.387 e. The van der Waals surface area contributed by atoms with Gasteiger partial charge < -0.3 is 4.74 Å². The van der Waals surface area contributed by atoms with Crippen LogP contribution < -0.4 is 4.74 Å². The molecule has 0 saturated carbocycles. The van der Waals surface area contributed by atoms with E-state index in [1.807, 2.05) is 0 Å². The van der Waals surface area contributed by atoms with Crippen molar-refractivity contribution in [3.63, 3.8) is 0 Å². The lowest BCUT2D eigenvalue weighted by Gasteiger charge is -2.25. The van der Waals surface area contributed by atoms with E-state index in [0.717, 1.165) is 19.3 Å². The molecule has 0 unspecified atom stereocenters. The molecule has 1 aromatic rings. The summed E-state index contributed by atoms with van der Waals surface area (Å²) in [5.41, 5.74) is 0. The number of hydrogen-bond acceptors (Lipinski definition) is 3. The first kappa shape index (κ1) is 14.2. The van der Waals surface area contributed by atoms with Gasteiger partial charge in [0.15, 0.2) is 0 Å². The number of hydrogen-bond donors (Lipinski definition) is 0. The Hall–Kier alpha value is -1.21. The van der Waals surface area contributed by atoms with E-state index in [2.05, 4.69) is 4.74 Å². The minimum atomic E-state index is -3.52. The summed E-state index contributed by atoms with van der Waals surface area (Å²) < 4.78 is 54.1. The van der Waals surface area contributed by atoms with Crippen LogP contribution in [0.25, 0.3) is 0 Å². The van der Waals surface area contributed by atoms with E-state index < -0.39 is 16.6 Å². The Bertz CT molecular complexity index is 510. The summed E-state index contributed by atoms with van der Waals surface area (Å²) in [5.74, 6) is -0.0485. The van der Waals surface area contributed by atoms with Crippen LogP contribution in [0.1, 0.15) is 19.3 Å². The largest absolute Gasteiger partial charge is 0.435 e. The van der Waals surface area contributed by atoms with Crippen LogP contribution in [-0.4, -0.2) is 32.4 Å². The number of halogens is 2. The van der Waals surface area contributed by atoms with Gasteiger partial charge in [0.25, 0.3) is 0 Å². The van der Waals surface area contributed by atoms with Crippen LogP contribution in [-0.2, 0) is 10.0 Å². The standard InChI is InChI=1S/C12H15F2NO3S/c13-12(14)18-10-4-6-11(7-5-10)19(16,17)15-8-2-1-3-9-15/h4-7,12H,1-3,8-9H2. The molecular weight excluding hydrogens is 276 g/mol. The van der Waals surface area contributed by atoms with Gasteiger partial charge in [0.2, 0.25) is 10.0 Å². The molecule has 2 rings (SSSR count). The molecule has 0 N–H and O–H groups in total. The second-order valence-corrected chi connectivity index (χ2v) is 6.25. The molecule has 1 aliphatic heterocycles. The average Bonchev–Trinajstić information content (AvgIpc) is 2.40. The fourth-order valence-corrected chi connectivity index (χ4v) is 3.56. The van der Waals surface area contributed by atoms with Gasteiger partial charge in [-0.15, -0.1) is 0 Å². The lowest BCUT2D eigenvalue weighted by atomic mass is 10.2. The number of rotatable bonds is 4. The molecule has 0 aromatic heterocycles. The number of benzene rings is 1. The molecule has 1 aliphatic rings. The quantitative estimate of drug-likeness (QED) is 0.856. The highest BCUT2D eigenvalue weighted by atomic mass is 32.2. The van der Waals surface area contributed by atoms with Crippen LogP contribution in [0.2, 0.25) is 0 Å². The lowest BCUT2D eigenvalue weighted by Crippen LogP contribution is -2.35. The van der Waals surface area contributed by atoms with E-state index in [4.69, 9.17) is 0 Å². The predicted octanol–water partition coefficient (Wildman–Crippen LogP) is 2.46. The van der Waals surface area contributed by atoms with Gasteiger partial charge in [-0.3, -0.25) is 0 Å². The highest BCUT2D eigenvalue weighted by molar-refractivity contribution is 7.89. The Morgan fingerprint density at radius 2 is 1.63 bits per heavy atom. The van der Waals surface area contributed by atoms with Gasteiger partial charge in [0.1, 0.15) is 5.75 Å². The zero-order valence-corrected chi connectivity index (χ0v) is 11.1. The SMILES string of the molecule is O=S(=O)(c1ccc(OC(F)F)cc1)N1CCCCC1. The highest BCUT2D eigenvalue weighted by Crippen LogP contribution is 2.23. The zero-order chi connectivity index (χ0) is 13.9. The molecule has 0 amide bonds. The van der Waals surface area contributed by atoms with E-state index >= 15 is 0 Å². The summed E-state index contributed by atoms with van der Waals surface area (Å²) in [4.78, 5) is 0.107. The molecule has 1 fully saturated rings. The summed E-state index contributed by atoms with van der Waals surface area (Å²) in [7, 11) is -3.52. The van der Waals surface area contributed by atoms with Crippen LogP contribution in [0.5, 0.6) is 5.75 Å². The Kier molecular flexibility index (Phi) is 4.36. The van der Waals surface area contributed by atoms with Gasteiger partial charge in [-0.05, 0) is 37.1 Å². The molecule has 1 saturated heterocycles. The molecule has 0 atom stereocenters. The molecule has 7 heteroatoms. The average molecular weight is 291 g/mol. The van der Waals surface area contributed by atoms with Crippen LogP contribution in [0.15, 0.2) is 29.2 Å². The second kappa shape index (κ2) is 5.83. The number of ether oxygens (including phenoxy) is 1. The van der Waals surface area contributed by atoms with Crippen molar-refractivity contribution in [3.8, 4) is 5.75 Å². The molecule has 0 spiro atoms. The van der Waals surface area contributed by atoms with Crippen molar-refractivity contribution >= 4 is 10.0 Å². The maximum Gasteiger partial charge on any atom is 0.387 e. The molecule has 106 valence electrons. The first-order valence-electron chi connectivity index (χ1n) is 6.05. The minimum Gasteiger partial charge on any atom is -0.435 e. The highest BCUT2D eigenvalue weighted by Gasteiger charge is 2.25. The molecule has 4 nitrogen and oxygen atoms in total. The number of sulfonamides is 1. The van der Waals surface area contributed by atoms with E-state index in [0.29, 0.717) is 13.1 Å². The first-order valence-corrected chi connectivity index (χ1v) is 7.49. The third-order valence-corrected chi connectivity index (χ3v) is 4.91. The fraction of sp³-hybridized carbons (Fsp3) is 0.500. The molecule has 19 heavy (non-hydrogen) atoms. The topological polar surface area (TPSA) is 46.6 Å². The molecule has 0 radical (unpaired) electrons. The minimum absolute atomic E-state index is 0.0485. The number of alkyl halides is 2. The van der Waals surface area contributed by atoms with Gasteiger partial charge in [-0.1, -0.05) is 6.42 Å². The van der Waals surface area contributed by atoms with Crippen molar-refractivity contribution in [2.45, 2.75) is 30.8 Å². The van der Waals surface area contributed by atoms with Gasteiger partial charge in [-0.25, -0.2) is 8.42 Å². The second-order valence-electron chi connectivity index (χ2n) is 4.31. The van der Waals surface area contributed by atoms with Crippen molar-refractivity contribution < 1.29 is 21.9 Å². The maximum atomic E-state index is 12.3. The summed E-state index contributed by atoms with van der Waals surface area (Å²) >= 11 is 0. The zero-order valence-electron chi connectivity index (χ0n) is 10.3. The van der Waals surface area contributed by atoms with Crippen LogP contribution >= 0.6 is 0 Å². The van der Waals surface area contributed by atoms with E-state index in [9.17, 15) is 17.2 Å². The summed E-state index contributed by atoms with van der Waals surface area (Å²) in [6.45, 7) is -1.89. The molecular formula is C12H15F2NO3S.